The molecule has 1 aromatic carbocycles. The molecule has 0 unspecified atom stereocenters. The lowest BCUT2D eigenvalue weighted by Gasteiger charge is -2.06. The average molecular weight is 434 g/mol. The molecule has 152 valence electrons. The molecule has 3 rings (SSSR count). The molecule has 0 aliphatic rings. The molecule has 0 bridgehead atoms. The lowest BCUT2D eigenvalue weighted by molar-refractivity contribution is -0.116. The molecule has 0 atom stereocenters. The number of benzene rings is 1. The summed E-state index contributed by atoms with van der Waals surface area (Å²) in [5.74, 6) is 0.109. The third-order valence-corrected chi connectivity index (χ3v) is 5.63. The molecule has 0 saturated heterocycles. The lowest BCUT2D eigenvalue weighted by atomic mass is 10.1. The molecule has 2 aromatic heterocycles. The highest BCUT2D eigenvalue weighted by atomic mass is 35.5. The molecule has 0 aliphatic heterocycles. The van der Waals surface area contributed by atoms with Crippen molar-refractivity contribution in [2.45, 2.75) is 33.6 Å². The van der Waals surface area contributed by atoms with E-state index in [1.807, 2.05) is 13.8 Å². The number of hydrogen-bond donors (Lipinski definition) is 1. The Hall–Kier alpha value is -2.71. The first-order valence-corrected chi connectivity index (χ1v) is 10.2. The minimum Gasteiger partial charge on any atom is -0.462 e. The van der Waals surface area contributed by atoms with Gasteiger partial charge in [0, 0.05) is 28.3 Å². The summed E-state index contributed by atoms with van der Waals surface area (Å²) in [6, 6.07) is 7.07. The zero-order chi connectivity index (χ0) is 21.0. The Morgan fingerprint density at radius 3 is 2.66 bits per heavy atom. The molecule has 0 radical (unpaired) electrons. The van der Waals surface area contributed by atoms with E-state index in [4.69, 9.17) is 20.9 Å². The number of rotatable bonds is 7. The van der Waals surface area contributed by atoms with E-state index in [1.54, 1.807) is 31.2 Å². The van der Waals surface area contributed by atoms with Crippen molar-refractivity contribution in [1.29, 1.82) is 0 Å². The Balaban J connectivity index is 1.63. The molecule has 0 fully saturated rings. The number of carbonyl (C=O) groups excluding carboxylic acids is 2. The maximum atomic E-state index is 12.4. The minimum absolute atomic E-state index is 0.139. The number of aromatic nitrogens is 2. The fourth-order valence-corrected chi connectivity index (χ4v) is 3.84. The average Bonchev–Trinajstić information content (AvgIpc) is 3.26. The summed E-state index contributed by atoms with van der Waals surface area (Å²) >= 11 is 7.23. The van der Waals surface area contributed by atoms with Crippen LogP contribution in [0, 0.1) is 13.8 Å². The van der Waals surface area contributed by atoms with Crippen molar-refractivity contribution < 1.29 is 18.8 Å². The summed E-state index contributed by atoms with van der Waals surface area (Å²) in [4.78, 5) is 29.9. The van der Waals surface area contributed by atoms with Crippen LogP contribution in [0.5, 0.6) is 0 Å². The van der Waals surface area contributed by atoms with Gasteiger partial charge in [0.1, 0.15) is 5.00 Å². The van der Waals surface area contributed by atoms with E-state index in [0.29, 0.717) is 27.3 Å². The molecule has 2 heterocycles. The van der Waals surface area contributed by atoms with Crippen LogP contribution in [0.4, 0.5) is 5.00 Å². The number of anilines is 1. The highest BCUT2D eigenvalue weighted by Crippen LogP contribution is 2.33. The van der Waals surface area contributed by atoms with Gasteiger partial charge in [-0.2, -0.15) is 4.98 Å². The Labute approximate surface area is 177 Å². The number of aryl methyl sites for hydroxylation is 2. The molecular weight excluding hydrogens is 414 g/mol. The molecule has 1 N–H and O–H groups in total. The molecule has 0 spiro atoms. The molecule has 7 nitrogen and oxygen atoms in total. The molecule has 0 saturated carbocycles. The van der Waals surface area contributed by atoms with Crippen LogP contribution >= 0.6 is 22.9 Å². The van der Waals surface area contributed by atoms with E-state index in [1.165, 1.54) is 11.3 Å². The van der Waals surface area contributed by atoms with Crippen molar-refractivity contribution in [3.8, 4) is 11.4 Å². The second-order valence-corrected chi connectivity index (χ2v) is 7.94. The zero-order valence-electron chi connectivity index (χ0n) is 16.2. The van der Waals surface area contributed by atoms with Crippen LogP contribution in [0.3, 0.4) is 0 Å². The van der Waals surface area contributed by atoms with Crippen LogP contribution in [-0.4, -0.2) is 28.6 Å². The van der Waals surface area contributed by atoms with Gasteiger partial charge in [0.2, 0.25) is 17.6 Å². The quantitative estimate of drug-likeness (QED) is 0.537. The van der Waals surface area contributed by atoms with Crippen molar-refractivity contribution >= 4 is 39.8 Å². The van der Waals surface area contributed by atoms with Gasteiger partial charge in [0.15, 0.2) is 0 Å². The number of nitrogens with zero attached hydrogens (tertiary/aromatic N) is 2. The number of hydrogen-bond acceptors (Lipinski definition) is 7. The van der Waals surface area contributed by atoms with Gasteiger partial charge in [-0.15, -0.1) is 11.3 Å². The Morgan fingerprint density at radius 2 is 1.97 bits per heavy atom. The third-order valence-electron chi connectivity index (χ3n) is 4.25. The van der Waals surface area contributed by atoms with Gasteiger partial charge >= 0.3 is 5.97 Å². The smallest absolute Gasteiger partial charge is 0.341 e. The largest absolute Gasteiger partial charge is 0.462 e. The van der Waals surface area contributed by atoms with Crippen molar-refractivity contribution in [3.05, 3.63) is 51.2 Å². The first kappa shape index (κ1) is 21.0. The maximum Gasteiger partial charge on any atom is 0.341 e. The summed E-state index contributed by atoms with van der Waals surface area (Å²) in [6.07, 6.45) is 0.422. The normalized spacial score (nSPS) is 10.8. The maximum absolute atomic E-state index is 12.4. The summed E-state index contributed by atoms with van der Waals surface area (Å²) in [7, 11) is 0. The number of esters is 1. The van der Waals surface area contributed by atoms with E-state index >= 15 is 0 Å². The Kier molecular flexibility index (Phi) is 6.66. The van der Waals surface area contributed by atoms with E-state index < -0.39 is 5.97 Å². The minimum atomic E-state index is -0.436. The number of amides is 1. The monoisotopic (exact) mass is 433 g/mol. The van der Waals surface area contributed by atoms with Crippen LogP contribution in [0.15, 0.2) is 28.8 Å². The number of thiophene rings is 1. The van der Waals surface area contributed by atoms with Crippen LogP contribution < -0.4 is 5.32 Å². The highest BCUT2D eigenvalue weighted by Gasteiger charge is 2.22. The van der Waals surface area contributed by atoms with E-state index in [0.717, 1.165) is 16.0 Å². The van der Waals surface area contributed by atoms with Crippen LogP contribution in [0.25, 0.3) is 11.4 Å². The molecule has 29 heavy (non-hydrogen) atoms. The van der Waals surface area contributed by atoms with Crippen LogP contribution in [-0.2, 0) is 16.0 Å². The van der Waals surface area contributed by atoms with Crippen LogP contribution in [0.1, 0.15) is 40.0 Å². The van der Waals surface area contributed by atoms with Crippen molar-refractivity contribution in [2.75, 3.05) is 11.9 Å². The van der Waals surface area contributed by atoms with Crippen molar-refractivity contribution in [3.63, 3.8) is 0 Å². The third kappa shape index (κ3) is 5.02. The van der Waals surface area contributed by atoms with Gasteiger partial charge in [-0.25, -0.2) is 4.79 Å². The van der Waals surface area contributed by atoms with Crippen molar-refractivity contribution in [2.24, 2.45) is 0 Å². The first-order valence-electron chi connectivity index (χ1n) is 9.04. The Morgan fingerprint density at radius 1 is 1.24 bits per heavy atom. The molecular formula is C20H20ClN3O4S. The zero-order valence-corrected chi connectivity index (χ0v) is 17.8. The first-order chi connectivity index (χ1) is 13.9. The van der Waals surface area contributed by atoms with Gasteiger partial charge in [-0.3, -0.25) is 4.79 Å². The van der Waals surface area contributed by atoms with Crippen LogP contribution in [0.2, 0.25) is 5.02 Å². The predicted octanol–water partition coefficient (Wildman–Crippen LogP) is 4.82. The SMILES string of the molecule is CCOC(=O)c1c(NC(=O)CCc2nc(-c3ccc(Cl)cc3)no2)sc(C)c1C. The van der Waals surface area contributed by atoms with Gasteiger partial charge in [0.25, 0.3) is 0 Å². The summed E-state index contributed by atoms with van der Waals surface area (Å²) in [5, 5.41) is 7.85. The topological polar surface area (TPSA) is 94.3 Å². The predicted molar refractivity (Wildman–Crippen MR) is 111 cm³/mol. The fourth-order valence-electron chi connectivity index (χ4n) is 2.65. The lowest BCUT2D eigenvalue weighted by Crippen LogP contribution is -2.15. The standard InChI is InChI=1S/C20H20ClN3O4S/c1-4-27-20(26)17-11(2)12(3)29-19(17)22-15(25)9-10-16-23-18(24-28-16)13-5-7-14(21)8-6-13/h5-8H,4,9-10H2,1-3H3,(H,22,25). The van der Waals surface area contributed by atoms with Gasteiger partial charge < -0.3 is 14.6 Å². The molecule has 3 aromatic rings. The van der Waals surface area contributed by atoms with Gasteiger partial charge in [-0.05, 0) is 50.6 Å². The van der Waals surface area contributed by atoms with E-state index in [9.17, 15) is 9.59 Å². The molecule has 0 aliphatic carbocycles. The fraction of sp³-hybridized carbons (Fsp3) is 0.300. The summed E-state index contributed by atoms with van der Waals surface area (Å²) < 4.78 is 10.3. The highest BCUT2D eigenvalue weighted by molar-refractivity contribution is 7.16. The number of nitrogens with one attached hydrogen (secondary N) is 1. The molecule has 9 heteroatoms. The number of ether oxygens (including phenoxy) is 1. The summed E-state index contributed by atoms with van der Waals surface area (Å²) in [5.41, 5.74) is 2.00. The number of halogens is 1. The second-order valence-electron chi connectivity index (χ2n) is 6.27. The second kappa shape index (κ2) is 9.19. The van der Waals surface area contributed by atoms with Crippen molar-refractivity contribution in [1.82, 2.24) is 10.1 Å². The summed E-state index contributed by atoms with van der Waals surface area (Å²) in [6.45, 7) is 5.75. The van der Waals surface area contributed by atoms with Gasteiger partial charge in [-0.1, -0.05) is 16.8 Å². The Bertz CT molecular complexity index is 1030. The van der Waals surface area contributed by atoms with E-state index in [2.05, 4.69) is 15.5 Å². The van der Waals surface area contributed by atoms with E-state index in [-0.39, 0.29) is 25.4 Å². The molecule has 1 amide bonds. The number of carbonyl (C=O) groups is 2. The van der Waals surface area contributed by atoms with Gasteiger partial charge in [0.05, 0.1) is 12.2 Å².